The Morgan fingerprint density at radius 1 is 1.25 bits per heavy atom. The van der Waals surface area contributed by atoms with Gasteiger partial charge in [0.05, 0.1) is 11.8 Å². The molecule has 1 aliphatic rings. The molecule has 3 nitrogen and oxygen atoms in total. The van der Waals surface area contributed by atoms with E-state index in [9.17, 15) is 14.4 Å². The topological polar surface area (TPSA) is 44.1 Å². The molecule has 0 unspecified atom stereocenters. The Morgan fingerprint density at radius 3 is 2.40 bits per heavy atom. The van der Waals surface area contributed by atoms with E-state index in [1.807, 2.05) is 0 Å². The number of anilines is 1. The molecular weight excluding hydrogens is 255 g/mol. The predicted octanol–water partition coefficient (Wildman–Crippen LogP) is 3.65. The van der Waals surface area contributed by atoms with Crippen LogP contribution in [-0.2, 0) is 4.79 Å². The Labute approximate surface area is 119 Å². The van der Waals surface area contributed by atoms with Crippen LogP contribution >= 0.6 is 0 Å². The Balaban J connectivity index is 2.29. The van der Waals surface area contributed by atoms with Gasteiger partial charge in [0.2, 0.25) is 5.91 Å². The number of para-hydroxylation sites is 1. The Bertz CT molecular complexity index is 528. The summed E-state index contributed by atoms with van der Waals surface area (Å²) in [6, 6.07) is 8.38. The molecule has 0 aliphatic heterocycles. The lowest BCUT2D eigenvalue weighted by molar-refractivity contribution is -0.125. The van der Waals surface area contributed by atoms with Crippen molar-refractivity contribution in [1.29, 1.82) is 5.26 Å². The van der Waals surface area contributed by atoms with Crippen LogP contribution in [0.3, 0.4) is 0 Å². The molecule has 0 bridgehead atoms. The number of halogens is 1. The fourth-order valence-corrected chi connectivity index (χ4v) is 2.86. The first kappa shape index (κ1) is 14.5. The van der Waals surface area contributed by atoms with Crippen LogP contribution in [-0.4, -0.2) is 13.0 Å². The van der Waals surface area contributed by atoms with Gasteiger partial charge in [-0.05, 0) is 25.0 Å². The maximum absolute atomic E-state index is 13.8. The zero-order chi connectivity index (χ0) is 14.6. The SMILES string of the molecule is CN(C(=O)C1(C#N)CCCCCC1)c1ccccc1F. The highest BCUT2D eigenvalue weighted by Gasteiger charge is 2.41. The largest absolute Gasteiger partial charge is 0.311 e. The third kappa shape index (κ3) is 2.67. The van der Waals surface area contributed by atoms with Gasteiger partial charge in [-0.15, -0.1) is 0 Å². The number of rotatable bonds is 2. The molecule has 4 heteroatoms. The average molecular weight is 274 g/mol. The summed E-state index contributed by atoms with van der Waals surface area (Å²) in [6.45, 7) is 0. The molecule has 0 atom stereocenters. The number of carbonyl (C=O) groups excluding carboxylic acids is 1. The molecule has 0 aromatic heterocycles. The first-order chi connectivity index (χ1) is 9.60. The second-order valence-electron chi connectivity index (χ2n) is 5.42. The summed E-state index contributed by atoms with van der Waals surface area (Å²) < 4.78 is 13.8. The average Bonchev–Trinajstić information content (AvgIpc) is 2.72. The van der Waals surface area contributed by atoms with Crippen molar-refractivity contribution in [2.45, 2.75) is 38.5 Å². The van der Waals surface area contributed by atoms with Crippen molar-refractivity contribution in [3.63, 3.8) is 0 Å². The van der Waals surface area contributed by atoms with E-state index >= 15 is 0 Å². The zero-order valence-electron chi connectivity index (χ0n) is 11.7. The van der Waals surface area contributed by atoms with Gasteiger partial charge in [-0.3, -0.25) is 4.79 Å². The molecule has 1 aromatic carbocycles. The van der Waals surface area contributed by atoms with Crippen molar-refractivity contribution in [2.24, 2.45) is 5.41 Å². The molecule has 1 aromatic rings. The van der Waals surface area contributed by atoms with E-state index in [0.717, 1.165) is 25.7 Å². The normalized spacial score (nSPS) is 17.9. The Kier molecular flexibility index (Phi) is 4.39. The van der Waals surface area contributed by atoms with Crippen molar-refractivity contribution in [2.75, 3.05) is 11.9 Å². The summed E-state index contributed by atoms with van der Waals surface area (Å²) >= 11 is 0. The van der Waals surface area contributed by atoms with Crippen LogP contribution in [0.4, 0.5) is 10.1 Å². The maximum atomic E-state index is 13.8. The first-order valence-electron chi connectivity index (χ1n) is 7.05. The summed E-state index contributed by atoms with van der Waals surface area (Å²) in [5.74, 6) is -0.725. The van der Waals surface area contributed by atoms with E-state index in [1.165, 1.54) is 11.0 Å². The molecule has 0 heterocycles. The van der Waals surface area contributed by atoms with Gasteiger partial charge < -0.3 is 4.90 Å². The third-order valence-electron chi connectivity index (χ3n) is 4.10. The van der Waals surface area contributed by atoms with E-state index in [1.54, 1.807) is 25.2 Å². The van der Waals surface area contributed by atoms with Crippen LogP contribution in [0.25, 0.3) is 0 Å². The lowest BCUT2D eigenvalue weighted by atomic mass is 9.80. The van der Waals surface area contributed by atoms with Crippen LogP contribution < -0.4 is 4.90 Å². The van der Waals surface area contributed by atoms with Crippen molar-refractivity contribution in [3.8, 4) is 6.07 Å². The maximum Gasteiger partial charge on any atom is 0.247 e. The Hall–Kier alpha value is -1.89. The van der Waals surface area contributed by atoms with Crippen LogP contribution in [0.1, 0.15) is 38.5 Å². The van der Waals surface area contributed by atoms with Crippen LogP contribution in [0.2, 0.25) is 0 Å². The van der Waals surface area contributed by atoms with Crippen LogP contribution in [0.15, 0.2) is 24.3 Å². The molecule has 0 spiro atoms. The van der Waals surface area contributed by atoms with Gasteiger partial charge in [0, 0.05) is 7.05 Å². The lowest BCUT2D eigenvalue weighted by Gasteiger charge is -2.29. The van der Waals surface area contributed by atoms with E-state index in [0.29, 0.717) is 12.8 Å². The zero-order valence-corrected chi connectivity index (χ0v) is 11.7. The molecular formula is C16H19FN2O. The Morgan fingerprint density at radius 2 is 1.85 bits per heavy atom. The summed E-state index contributed by atoms with van der Waals surface area (Å²) in [4.78, 5) is 14.0. The van der Waals surface area contributed by atoms with Gasteiger partial charge in [-0.2, -0.15) is 5.26 Å². The third-order valence-corrected chi connectivity index (χ3v) is 4.10. The van der Waals surface area contributed by atoms with Gasteiger partial charge in [0.25, 0.3) is 0 Å². The summed E-state index contributed by atoms with van der Waals surface area (Å²) in [5.41, 5.74) is -0.760. The number of carbonyl (C=O) groups is 1. The second kappa shape index (κ2) is 6.04. The minimum absolute atomic E-state index is 0.233. The van der Waals surface area contributed by atoms with Crippen molar-refractivity contribution in [1.82, 2.24) is 0 Å². The summed E-state index contributed by atoms with van der Waals surface area (Å²) in [6.07, 6.45) is 5.01. The summed E-state index contributed by atoms with van der Waals surface area (Å²) in [5, 5.41) is 9.51. The molecule has 20 heavy (non-hydrogen) atoms. The van der Waals surface area contributed by atoms with Gasteiger partial charge in [-0.1, -0.05) is 37.8 Å². The predicted molar refractivity (Wildman–Crippen MR) is 75.6 cm³/mol. The molecule has 1 amide bonds. The molecule has 106 valence electrons. The van der Waals surface area contributed by atoms with E-state index in [-0.39, 0.29) is 11.6 Å². The minimum Gasteiger partial charge on any atom is -0.311 e. The van der Waals surface area contributed by atoms with Crippen molar-refractivity contribution < 1.29 is 9.18 Å². The number of nitriles is 1. The molecule has 0 N–H and O–H groups in total. The fraction of sp³-hybridized carbons (Fsp3) is 0.500. The molecule has 0 saturated heterocycles. The lowest BCUT2D eigenvalue weighted by Crippen LogP contribution is -2.41. The highest BCUT2D eigenvalue weighted by Crippen LogP contribution is 2.37. The summed E-state index contributed by atoms with van der Waals surface area (Å²) in [7, 11) is 1.55. The monoisotopic (exact) mass is 274 g/mol. The quantitative estimate of drug-likeness (QED) is 0.773. The van der Waals surface area contributed by atoms with E-state index < -0.39 is 11.2 Å². The fourth-order valence-electron chi connectivity index (χ4n) is 2.86. The van der Waals surface area contributed by atoms with E-state index in [2.05, 4.69) is 6.07 Å². The number of nitrogens with zero attached hydrogens (tertiary/aromatic N) is 2. The highest BCUT2D eigenvalue weighted by atomic mass is 19.1. The molecule has 1 saturated carbocycles. The van der Waals surface area contributed by atoms with Crippen LogP contribution in [0, 0.1) is 22.6 Å². The number of amides is 1. The number of benzene rings is 1. The van der Waals surface area contributed by atoms with Gasteiger partial charge in [0.1, 0.15) is 11.2 Å². The first-order valence-corrected chi connectivity index (χ1v) is 7.05. The van der Waals surface area contributed by atoms with E-state index in [4.69, 9.17) is 0 Å². The van der Waals surface area contributed by atoms with Crippen LogP contribution in [0.5, 0.6) is 0 Å². The molecule has 0 radical (unpaired) electrons. The van der Waals surface area contributed by atoms with Gasteiger partial charge in [0.15, 0.2) is 0 Å². The van der Waals surface area contributed by atoms with Gasteiger partial charge >= 0.3 is 0 Å². The minimum atomic E-state index is -0.993. The van der Waals surface area contributed by atoms with Crippen molar-refractivity contribution in [3.05, 3.63) is 30.1 Å². The highest BCUT2D eigenvalue weighted by molar-refractivity contribution is 5.99. The molecule has 1 fully saturated rings. The molecule has 2 rings (SSSR count). The smallest absolute Gasteiger partial charge is 0.247 e. The number of hydrogen-bond donors (Lipinski definition) is 0. The number of hydrogen-bond acceptors (Lipinski definition) is 2. The van der Waals surface area contributed by atoms with Gasteiger partial charge in [-0.25, -0.2) is 4.39 Å². The second-order valence-corrected chi connectivity index (χ2v) is 5.42. The van der Waals surface area contributed by atoms with Crippen molar-refractivity contribution >= 4 is 11.6 Å². The molecule has 1 aliphatic carbocycles. The standard InChI is InChI=1S/C16H19FN2O/c1-19(14-9-5-4-8-13(14)17)15(20)16(12-18)10-6-2-3-7-11-16/h4-5,8-9H,2-3,6-7,10-11H2,1H3.